The average Bonchev–Trinajstić information content (AvgIpc) is 2.05. The minimum atomic E-state index is 0.904. The van der Waals surface area contributed by atoms with Crippen LogP contribution in [0.4, 0.5) is 0 Å². The van der Waals surface area contributed by atoms with Gasteiger partial charge in [0.1, 0.15) is 0 Å². The Morgan fingerprint density at radius 2 is 2.31 bits per heavy atom. The van der Waals surface area contributed by atoms with Crippen LogP contribution in [-0.2, 0) is 6.42 Å². The van der Waals surface area contributed by atoms with E-state index in [9.17, 15) is 0 Å². The Morgan fingerprint density at radius 3 is 2.85 bits per heavy atom. The largest absolute Gasteiger partial charge is 0.316 e. The lowest BCUT2D eigenvalue weighted by Gasteiger charge is -2.26. The molecule has 2 heteroatoms. The first-order valence-corrected chi connectivity index (χ1v) is 4.97. The molecule has 1 aromatic rings. The molecule has 0 radical (unpaired) electrons. The molecule has 0 atom stereocenters. The van der Waals surface area contributed by atoms with Gasteiger partial charge in [0.25, 0.3) is 0 Å². The Morgan fingerprint density at radius 1 is 1.46 bits per heavy atom. The van der Waals surface area contributed by atoms with E-state index in [-0.39, 0.29) is 0 Å². The first-order chi connectivity index (χ1) is 6.34. The summed E-state index contributed by atoms with van der Waals surface area (Å²) in [6.45, 7) is 4.44. The van der Waals surface area contributed by atoms with Gasteiger partial charge in [0.2, 0.25) is 0 Å². The SMILES string of the molecule is Cc1ccc(CCC2CNC2)cn1. The van der Waals surface area contributed by atoms with E-state index in [1.54, 1.807) is 0 Å². The van der Waals surface area contributed by atoms with Gasteiger partial charge in [-0.1, -0.05) is 6.07 Å². The predicted octanol–water partition coefficient (Wildman–Crippen LogP) is 1.54. The summed E-state index contributed by atoms with van der Waals surface area (Å²) >= 11 is 0. The van der Waals surface area contributed by atoms with Crippen LogP contribution in [0.3, 0.4) is 0 Å². The number of aryl methyl sites for hydroxylation is 2. The van der Waals surface area contributed by atoms with E-state index in [4.69, 9.17) is 0 Å². The van der Waals surface area contributed by atoms with Gasteiger partial charge >= 0.3 is 0 Å². The summed E-state index contributed by atoms with van der Waals surface area (Å²) in [5.41, 5.74) is 2.48. The molecule has 0 saturated carbocycles. The highest BCUT2D eigenvalue weighted by Crippen LogP contribution is 2.12. The van der Waals surface area contributed by atoms with Crippen LogP contribution in [0.25, 0.3) is 0 Å². The third-order valence-electron chi connectivity index (χ3n) is 2.68. The standard InChI is InChI=1S/C11H16N2/c1-9-2-3-10(8-13-9)4-5-11-6-12-7-11/h2-3,8,11-12H,4-7H2,1H3. The van der Waals surface area contributed by atoms with E-state index in [0.29, 0.717) is 0 Å². The highest BCUT2D eigenvalue weighted by Gasteiger charge is 2.15. The van der Waals surface area contributed by atoms with E-state index < -0.39 is 0 Å². The summed E-state index contributed by atoms with van der Waals surface area (Å²) in [4.78, 5) is 4.29. The Hall–Kier alpha value is -0.890. The Kier molecular flexibility index (Phi) is 2.60. The number of nitrogens with one attached hydrogen (secondary N) is 1. The first-order valence-electron chi connectivity index (χ1n) is 4.97. The number of rotatable bonds is 3. The summed E-state index contributed by atoms with van der Waals surface area (Å²) in [7, 11) is 0. The summed E-state index contributed by atoms with van der Waals surface area (Å²) in [6.07, 6.45) is 4.48. The van der Waals surface area contributed by atoms with Crippen molar-refractivity contribution in [2.45, 2.75) is 19.8 Å². The molecule has 1 saturated heterocycles. The molecular weight excluding hydrogens is 160 g/mol. The third-order valence-corrected chi connectivity index (χ3v) is 2.68. The van der Waals surface area contributed by atoms with Crippen LogP contribution >= 0.6 is 0 Å². The molecule has 0 aromatic carbocycles. The van der Waals surface area contributed by atoms with Crippen LogP contribution in [0.2, 0.25) is 0 Å². The molecule has 1 aromatic heterocycles. The molecule has 2 rings (SSSR count). The lowest BCUT2D eigenvalue weighted by atomic mass is 9.95. The van der Waals surface area contributed by atoms with Crippen LogP contribution in [0.15, 0.2) is 18.3 Å². The summed E-state index contributed by atoms with van der Waals surface area (Å²) in [5.74, 6) is 0.904. The molecule has 0 spiro atoms. The van der Waals surface area contributed by atoms with Gasteiger partial charge in [0, 0.05) is 11.9 Å². The zero-order chi connectivity index (χ0) is 9.10. The molecule has 70 valence electrons. The summed E-state index contributed by atoms with van der Waals surface area (Å²) < 4.78 is 0. The van der Waals surface area contributed by atoms with E-state index in [0.717, 1.165) is 11.6 Å². The number of nitrogens with zero attached hydrogens (tertiary/aromatic N) is 1. The lowest BCUT2D eigenvalue weighted by Crippen LogP contribution is -2.42. The lowest BCUT2D eigenvalue weighted by molar-refractivity contribution is 0.328. The van der Waals surface area contributed by atoms with Gasteiger partial charge in [-0.05, 0) is 50.4 Å². The third kappa shape index (κ3) is 2.28. The van der Waals surface area contributed by atoms with Crippen LogP contribution in [0.5, 0.6) is 0 Å². The van der Waals surface area contributed by atoms with E-state index in [1.807, 2.05) is 13.1 Å². The fraction of sp³-hybridized carbons (Fsp3) is 0.545. The number of hydrogen-bond acceptors (Lipinski definition) is 2. The molecule has 2 nitrogen and oxygen atoms in total. The summed E-state index contributed by atoms with van der Waals surface area (Å²) in [6, 6.07) is 4.28. The van der Waals surface area contributed by atoms with Gasteiger partial charge in [0.05, 0.1) is 0 Å². The van der Waals surface area contributed by atoms with Crippen molar-refractivity contribution in [1.82, 2.24) is 10.3 Å². The molecule has 13 heavy (non-hydrogen) atoms. The van der Waals surface area contributed by atoms with E-state index in [2.05, 4.69) is 22.4 Å². The second-order valence-corrected chi connectivity index (χ2v) is 3.87. The monoisotopic (exact) mass is 176 g/mol. The van der Waals surface area contributed by atoms with E-state index >= 15 is 0 Å². The zero-order valence-electron chi connectivity index (χ0n) is 8.09. The fourth-order valence-electron chi connectivity index (χ4n) is 1.57. The molecular formula is C11H16N2. The van der Waals surface area contributed by atoms with Gasteiger partial charge in [-0.25, -0.2) is 0 Å². The minimum absolute atomic E-state index is 0.904. The van der Waals surface area contributed by atoms with Crippen LogP contribution < -0.4 is 5.32 Å². The zero-order valence-corrected chi connectivity index (χ0v) is 8.09. The van der Waals surface area contributed by atoms with Crippen molar-refractivity contribution in [1.29, 1.82) is 0 Å². The van der Waals surface area contributed by atoms with Crippen molar-refractivity contribution < 1.29 is 0 Å². The van der Waals surface area contributed by atoms with Crippen LogP contribution in [0, 0.1) is 12.8 Å². The second-order valence-electron chi connectivity index (χ2n) is 3.87. The van der Waals surface area contributed by atoms with E-state index in [1.165, 1.54) is 31.5 Å². The maximum atomic E-state index is 4.29. The molecule has 0 bridgehead atoms. The predicted molar refractivity (Wildman–Crippen MR) is 53.7 cm³/mol. The molecule has 1 aliphatic heterocycles. The number of hydrogen-bond donors (Lipinski definition) is 1. The highest BCUT2D eigenvalue weighted by molar-refractivity contribution is 5.13. The van der Waals surface area contributed by atoms with Gasteiger partial charge in [0.15, 0.2) is 0 Å². The van der Waals surface area contributed by atoms with Gasteiger partial charge < -0.3 is 5.32 Å². The average molecular weight is 176 g/mol. The maximum absolute atomic E-state index is 4.29. The van der Waals surface area contributed by atoms with Crippen LogP contribution in [-0.4, -0.2) is 18.1 Å². The number of pyridine rings is 1. The highest BCUT2D eigenvalue weighted by atomic mass is 14.9. The van der Waals surface area contributed by atoms with Gasteiger partial charge in [-0.15, -0.1) is 0 Å². The smallest absolute Gasteiger partial charge is 0.0372 e. The molecule has 1 fully saturated rings. The van der Waals surface area contributed by atoms with Gasteiger partial charge in [-0.3, -0.25) is 4.98 Å². The van der Waals surface area contributed by atoms with Crippen molar-refractivity contribution in [2.24, 2.45) is 5.92 Å². The second kappa shape index (κ2) is 3.88. The van der Waals surface area contributed by atoms with Gasteiger partial charge in [-0.2, -0.15) is 0 Å². The first kappa shape index (κ1) is 8.70. The molecule has 1 N–H and O–H groups in total. The van der Waals surface area contributed by atoms with Crippen LogP contribution in [0.1, 0.15) is 17.7 Å². The Bertz CT molecular complexity index is 262. The molecule has 1 aliphatic rings. The maximum Gasteiger partial charge on any atom is 0.0372 e. The topological polar surface area (TPSA) is 24.9 Å². The fourth-order valence-corrected chi connectivity index (χ4v) is 1.57. The minimum Gasteiger partial charge on any atom is -0.316 e. The van der Waals surface area contributed by atoms with Crippen molar-refractivity contribution in [2.75, 3.05) is 13.1 Å². The Balaban J connectivity index is 1.83. The normalized spacial score (nSPS) is 17.0. The van der Waals surface area contributed by atoms with Crippen molar-refractivity contribution in [3.63, 3.8) is 0 Å². The molecule has 2 heterocycles. The molecule has 0 aliphatic carbocycles. The van der Waals surface area contributed by atoms with Crippen molar-refractivity contribution in [3.05, 3.63) is 29.6 Å². The van der Waals surface area contributed by atoms with Crippen molar-refractivity contribution in [3.8, 4) is 0 Å². The Labute approximate surface area is 79.4 Å². The molecule has 0 unspecified atom stereocenters. The summed E-state index contributed by atoms with van der Waals surface area (Å²) in [5, 5.41) is 3.29. The number of aromatic nitrogens is 1. The molecule has 0 amide bonds. The quantitative estimate of drug-likeness (QED) is 0.755. The van der Waals surface area contributed by atoms with Crippen molar-refractivity contribution >= 4 is 0 Å².